The number of nitrogens with two attached hydrogens (primary N) is 1. The van der Waals surface area contributed by atoms with Crippen LogP contribution in [-0.2, 0) is 7.05 Å². The van der Waals surface area contributed by atoms with Crippen molar-refractivity contribution in [3.63, 3.8) is 0 Å². The molecule has 2 rings (SSSR count). The first-order chi connectivity index (χ1) is 9.01. The van der Waals surface area contributed by atoms with Crippen molar-refractivity contribution in [2.75, 3.05) is 13.7 Å². The van der Waals surface area contributed by atoms with Gasteiger partial charge in [-0.25, -0.2) is 0 Å². The van der Waals surface area contributed by atoms with E-state index in [1.807, 2.05) is 6.07 Å². The molecule has 0 aliphatic heterocycles. The molecule has 19 heavy (non-hydrogen) atoms. The van der Waals surface area contributed by atoms with Crippen LogP contribution in [-0.4, -0.2) is 18.2 Å². The van der Waals surface area contributed by atoms with Crippen LogP contribution in [0.2, 0.25) is 0 Å². The second-order valence-corrected chi connectivity index (χ2v) is 5.53. The second kappa shape index (κ2) is 5.25. The highest BCUT2D eigenvalue weighted by atomic mass is 16.5. The van der Waals surface area contributed by atoms with Gasteiger partial charge in [-0.2, -0.15) is 0 Å². The molecular formula is C16H24N2O. The second-order valence-electron chi connectivity index (χ2n) is 5.53. The van der Waals surface area contributed by atoms with Crippen LogP contribution in [0.1, 0.15) is 31.0 Å². The predicted octanol–water partition coefficient (Wildman–Crippen LogP) is 3.19. The zero-order valence-electron chi connectivity index (χ0n) is 12.5. The third-order valence-electron chi connectivity index (χ3n) is 4.18. The average Bonchev–Trinajstić information content (AvgIpc) is 2.64. The van der Waals surface area contributed by atoms with Crippen LogP contribution in [0.4, 0.5) is 0 Å². The molecule has 3 nitrogen and oxygen atoms in total. The van der Waals surface area contributed by atoms with Gasteiger partial charge in [-0.3, -0.25) is 0 Å². The highest BCUT2D eigenvalue weighted by Gasteiger charge is 2.22. The molecule has 0 fully saturated rings. The first kappa shape index (κ1) is 13.9. The van der Waals surface area contributed by atoms with Crippen LogP contribution in [0.5, 0.6) is 5.75 Å². The van der Waals surface area contributed by atoms with E-state index < -0.39 is 0 Å². The Morgan fingerprint density at radius 3 is 2.53 bits per heavy atom. The SMILES string of the molecule is COc1ccc2c(C(CN)C(C)C)c(C)n(C)c2c1. The Balaban J connectivity index is 2.71. The van der Waals surface area contributed by atoms with Crippen molar-refractivity contribution in [3.05, 3.63) is 29.5 Å². The van der Waals surface area contributed by atoms with Crippen molar-refractivity contribution in [2.24, 2.45) is 18.7 Å². The van der Waals surface area contributed by atoms with E-state index in [9.17, 15) is 0 Å². The fourth-order valence-corrected chi connectivity index (χ4v) is 2.89. The van der Waals surface area contributed by atoms with E-state index in [0.717, 1.165) is 5.75 Å². The molecule has 0 radical (unpaired) electrons. The van der Waals surface area contributed by atoms with E-state index in [2.05, 4.69) is 44.5 Å². The summed E-state index contributed by atoms with van der Waals surface area (Å²) in [7, 11) is 3.81. The summed E-state index contributed by atoms with van der Waals surface area (Å²) in [5, 5.41) is 1.30. The monoisotopic (exact) mass is 260 g/mol. The maximum atomic E-state index is 6.00. The normalized spacial score (nSPS) is 13.2. The van der Waals surface area contributed by atoms with Crippen molar-refractivity contribution in [1.82, 2.24) is 4.57 Å². The number of hydrogen-bond acceptors (Lipinski definition) is 2. The van der Waals surface area contributed by atoms with E-state index in [0.29, 0.717) is 18.4 Å². The zero-order chi connectivity index (χ0) is 14.2. The van der Waals surface area contributed by atoms with Crippen molar-refractivity contribution < 1.29 is 4.74 Å². The lowest BCUT2D eigenvalue weighted by Gasteiger charge is -2.20. The molecule has 3 heteroatoms. The van der Waals surface area contributed by atoms with Gasteiger partial charge in [0.2, 0.25) is 0 Å². The summed E-state index contributed by atoms with van der Waals surface area (Å²) in [4.78, 5) is 0. The molecule has 0 amide bonds. The Labute approximate surface area is 115 Å². The minimum Gasteiger partial charge on any atom is -0.497 e. The lowest BCUT2D eigenvalue weighted by molar-refractivity contribution is 0.415. The third kappa shape index (κ3) is 2.23. The van der Waals surface area contributed by atoms with Crippen LogP contribution >= 0.6 is 0 Å². The number of methoxy groups -OCH3 is 1. The van der Waals surface area contributed by atoms with Gasteiger partial charge in [-0.1, -0.05) is 13.8 Å². The van der Waals surface area contributed by atoms with Crippen LogP contribution < -0.4 is 10.5 Å². The molecule has 1 heterocycles. The number of hydrogen-bond donors (Lipinski definition) is 1. The van der Waals surface area contributed by atoms with Gasteiger partial charge in [0.05, 0.1) is 12.6 Å². The van der Waals surface area contributed by atoms with Gasteiger partial charge < -0.3 is 15.0 Å². The van der Waals surface area contributed by atoms with Gasteiger partial charge in [0.15, 0.2) is 0 Å². The largest absolute Gasteiger partial charge is 0.497 e. The van der Waals surface area contributed by atoms with Crippen LogP contribution in [0.15, 0.2) is 18.2 Å². The van der Waals surface area contributed by atoms with Crippen molar-refractivity contribution in [3.8, 4) is 5.75 Å². The maximum Gasteiger partial charge on any atom is 0.120 e. The number of benzene rings is 1. The lowest BCUT2D eigenvalue weighted by atomic mass is 9.87. The summed E-state index contributed by atoms with van der Waals surface area (Å²) < 4.78 is 7.56. The number of rotatable bonds is 4. The Bertz CT molecular complexity index is 584. The molecular weight excluding hydrogens is 236 g/mol. The van der Waals surface area contributed by atoms with Crippen molar-refractivity contribution in [1.29, 1.82) is 0 Å². The van der Waals surface area contributed by atoms with Crippen LogP contribution in [0.3, 0.4) is 0 Å². The van der Waals surface area contributed by atoms with E-state index in [1.54, 1.807) is 7.11 Å². The molecule has 0 saturated carbocycles. The first-order valence-corrected chi connectivity index (χ1v) is 6.84. The maximum absolute atomic E-state index is 6.00. The van der Waals surface area contributed by atoms with Gasteiger partial charge in [0, 0.05) is 30.1 Å². The minimum absolute atomic E-state index is 0.400. The van der Waals surface area contributed by atoms with Gasteiger partial charge in [0.25, 0.3) is 0 Å². The molecule has 104 valence electrons. The number of ether oxygens (including phenoxy) is 1. The fourth-order valence-electron chi connectivity index (χ4n) is 2.89. The molecule has 0 aliphatic rings. The Morgan fingerprint density at radius 2 is 2.00 bits per heavy atom. The standard InChI is InChI=1S/C16H24N2O/c1-10(2)14(9-17)16-11(3)18(4)15-8-12(19-5)6-7-13(15)16/h6-8,10,14H,9,17H2,1-5H3. The lowest BCUT2D eigenvalue weighted by Crippen LogP contribution is -2.18. The summed E-state index contributed by atoms with van der Waals surface area (Å²) in [6, 6.07) is 6.28. The van der Waals surface area contributed by atoms with Crippen LogP contribution in [0, 0.1) is 12.8 Å². The quantitative estimate of drug-likeness (QED) is 0.917. The molecule has 1 aromatic carbocycles. The summed E-state index contributed by atoms with van der Waals surface area (Å²) in [5.74, 6) is 1.84. The van der Waals surface area contributed by atoms with E-state index in [-0.39, 0.29) is 0 Å². The van der Waals surface area contributed by atoms with Gasteiger partial charge in [-0.15, -0.1) is 0 Å². The Morgan fingerprint density at radius 1 is 1.32 bits per heavy atom. The Kier molecular flexibility index (Phi) is 3.85. The van der Waals surface area contributed by atoms with Gasteiger partial charge in [-0.05, 0) is 37.1 Å². The van der Waals surface area contributed by atoms with E-state index in [4.69, 9.17) is 10.5 Å². The smallest absolute Gasteiger partial charge is 0.120 e. The fraction of sp³-hybridized carbons (Fsp3) is 0.500. The van der Waals surface area contributed by atoms with E-state index in [1.165, 1.54) is 22.2 Å². The molecule has 0 spiro atoms. The molecule has 1 aromatic heterocycles. The number of fused-ring (bicyclic) bond motifs is 1. The summed E-state index contributed by atoms with van der Waals surface area (Å²) in [6.07, 6.45) is 0. The minimum atomic E-state index is 0.400. The molecule has 2 aromatic rings. The summed E-state index contributed by atoms with van der Waals surface area (Å²) in [6.45, 7) is 7.33. The first-order valence-electron chi connectivity index (χ1n) is 6.84. The number of nitrogens with zero attached hydrogens (tertiary/aromatic N) is 1. The summed E-state index contributed by atoms with van der Waals surface area (Å²) in [5.41, 5.74) is 9.90. The number of aryl methyl sites for hydroxylation is 1. The third-order valence-corrected chi connectivity index (χ3v) is 4.18. The van der Waals surface area contributed by atoms with Crippen molar-refractivity contribution >= 4 is 10.9 Å². The van der Waals surface area contributed by atoms with Gasteiger partial charge >= 0.3 is 0 Å². The Hall–Kier alpha value is -1.48. The van der Waals surface area contributed by atoms with Crippen LogP contribution in [0.25, 0.3) is 10.9 Å². The predicted molar refractivity (Wildman–Crippen MR) is 80.8 cm³/mol. The zero-order valence-corrected chi connectivity index (χ0v) is 12.5. The summed E-state index contributed by atoms with van der Waals surface area (Å²) >= 11 is 0. The van der Waals surface area contributed by atoms with Gasteiger partial charge in [0.1, 0.15) is 5.75 Å². The van der Waals surface area contributed by atoms with Crippen molar-refractivity contribution in [2.45, 2.75) is 26.7 Å². The molecule has 0 bridgehead atoms. The molecule has 1 unspecified atom stereocenters. The molecule has 0 saturated heterocycles. The topological polar surface area (TPSA) is 40.2 Å². The van der Waals surface area contributed by atoms with E-state index >= 15 is 0 Å². The number of aromatic nitrogens is 1. The average molecular weight is 260 g/mol. The molecule has 0 aliphatic carbocycles. The molecule has 1 atom stereocenters. The highest BCUT2D eigenvalue weighted by Crippen LogP contribution is 2.36. The highest BCUT2D eigenvalue weighted by molar-refractivity contribution is 5.87. The molecule has 2 N–H and O–H groups in total.